The van der Waals surface area contributed by atoms with Gasteiger partial charge in [-0.2, -0.15) is 17.4 Å². The molecule has 118 valence electrons. The highest BCUT2D eigenvalue weighted by Gasteiger charge is 2.25. The van der Waals surface area contributed by atoms with Crippen molar-refractivity contribution in [2.45, 2.75) is 38.7 Å². The highest BCUT2D eigenvalue weighted by atomic mass is 32.2. The normalized spacial score (nSPS) is 24.1. The van der Waals surface area contributed by atoms with Gasteiger partial charge in [0.1, 0.15) is 0 Å². The van der Waals surface area contributed by atoms with Gasteiger partial charge < -0.3 is 10.1 Å². The molecule has 0 aliphatic carbocycles. The van der Waals surface area contributed by atoms with Crippen molar-refractivity contribution in [1.29, 1.82) is 0 Å². The van der Waals surface area contributed by atoms with Gasteiger partial charge in [-0.3, -0.25) is 0 Å². The Morgan fingerprint density at radius 3 is 2.50 bits per heavy atom. The van der Waals surface area contributed by atoms with Gasteiger partial charge in [0, 0.05) is 19.6 Å². The lowest BCUT2D eigenvalue weighted by atomic mass is 10.0. The quantitative estimate of drug-likeness (QED) is 0.694. The van der Waals surface area contributed by atoms with Crippen LogP contribution in [0, 0.1) is 5.92 Å². The van der Waals surface area contributed by atoms with Gasteiger partial charge >= 0.3 is 0 Å². The van der Waals surface area contributed by atoms with Crippen molar-refractivity contribution in [1.82, 2.24) is 14.3 Å². The average molecular weight is 305 g/mol. The summed E-state index contributed by atoms with van der Waals surface area (Å²) in [6.07, 6.45) is 4.20. The molecule has 20 heavy (non-hydrogen) atoms. The molecule has 0 atom stereocenters. The molecule has 0 unspecified atom stereocenters. The Hall–Kier alpha value is -0.210. The molecule has 6 nitrogen and oxygen atoms in total. The molecule has 0 aromatic carbocycles. The summed E-state index contributed by atoms with van der Waals surface area (Å²) in [6, 6.07) is 0. The minimum absolute atomic E-state index is 0.275. The molecule has 0 radical (unpaired) electrons. The van der Waals surface area contributed by atoms with Crippen molar-refractivity contribution in [3.63, 3.8) is 0 Å². The average Bonchev–Trinajstić information content (AvgIpc) is 2.45. The first kappa shape index (κ1) is 16.2. The van der Waals surface area contributed by atoms with Crippen LogP contribution in [0.15, 0.2) is 0 Å². The van der Waals surface area contributed by atoms with Crippen LogP contribution in [0.1, 0.15) is 32.6 Å². The van der Waals surface area contributed by atoms with Crippen LogP contribution in [0.5, 0.6) is 0 Å². The molecule has 2 fully saturated rings. The second-order valence-corrected chi connectivity index (χ2v) is 7.56. The van der Waals surface area contributed by atoms with Crippen LogP contribution in [0.25, 0.3) is 0 Å². The fraction of sp³-hybridized carbons (Fsp3) is 1.00. The van der Waals surface area contributed by atoms with Crippen LogP contribution in [0.3, 0.4) is 0 Å². The van der Waals surface area contributed by atoms with Gasteiger partial charge in [-0.05, 0) is 44.7 Å². The van der Waals surface area contributed by atoms with E-state index in [1.165, 1.54) is 0 Å². The topological polar surface area (TPSA) is 70.7 Å². The third-order valence-electron chi connectivity index (χ3n) is 4.11. The van der Waals surface area contributed by atoms with Crippen molar-refractivity contribution >= 4 is 10.2 Å². The van der Waals surface area contributed by atoms with Gasteiger partial charge in [-0.1, -0.05) is 6.92 Å². The summed E-state index contributed by atoms with van der Waals surface area (Å²) in [7, 11) is -3.32. The highest BCUT2D eigenvalue weighted by molar-refractivity contribution is 7.87. The van der Waals surface area contributed by atoms with Crippen LogP contribution in [0.2, 0.25) is 0 Å². The lowest BCUT2D eigenvalue weighted by molar-refractivity contribution is 0.0365. The monoisotopic (exact) mass is 305 g/mol. The standard InChI is InChI=1S/C13H27N3O3S/c1-12-4-9-16(10-5-12)20(17,18)15-8-11-19-13-2-6-14-7-3-13/h12-15H,2-11H2,1H3. The number of nitrogens with one attached hydrogen (secondary N) is 2. The maximum Gasteiger partial charge on any atom is 0.279 e. The first-order chi connectivity index (χ1) is 9.58. The lowest BCUT2D eigenvalue weighted by Gasteiger charge is -2.29. The maximum atomic E-state index is 12.1. The molecule has 0 saturated carbocycles. The molecule has 2 saturated heterocycles. The molecule has 0 spiro atoms. The molecular formula is C13H27N3O3S. The number of hydrogen-bond acceptors (Lipinski definition) is 4. The van der Waals surface area contributed by atoms with Gasteiger partial charge in [0.25, 0.3) is 10.2 Å². The van der Waals surface area contributed by atoms with E-state index in [9.17, 15) is 8.42 Å². The molecule has 2 aliphatic rings. The molecule has 2 aliphatic heterocycles. The Balaban J connectivity index is 1.64. The number of ether oxygens (including phenoxy) is 1. The third kappa shape index (κ3) is 4.96. The van der Waals surface area contributed by atoms with Crippen LogP contribution < -0.4 is 10.0 Å². The zero-order chi connectivity index (χ0) is 14.4. The van der Waals surface area contributed by atoms with E-state index in [-0.39, 0.29) is 6.10 Å². The third-order valence-corrected chi connectivity index (χ3v) is 5.72. The second kappa shape index (κ2) is 7.70. The van der Waals surface area contributed by atoms with Crippen LogP contribution in [0.4, 0.5) is 0 Å². The van der Waals surface area contributed by atoms with E-state index in [0.717, 1.165) is 38.8 Å². The summed E-state index contributed by atoms with van der Waals surface area (Å²) in [6.45, 7) is 6.22. The predicted octanol–water partition coefficient (Wildman–Crippen LogP) is 0.321. The van der Waals surface area contributed by atoms with Gasteiger partial charge in [-0.25, -0.2) is 0 Å². The molecule has 2 heterocycles. The van der Waals surface area contributed by atoms with Crippen LogP contribution >= 0.6 is 0 Å². The van der Waals surface area contributed by atoms with Gasteiger partial charge in [-0.15, -0.1) is 0 Å². The van der Waals surface area contributed by atoms with E-state index in [4.69, 9.17) is 4.74 Å². The molecular weight excluding hydrogens is 278 g/mol. The zero-order valence-electron chi connectivity index (χ0n) is 12.3. The smallest absolute Gasteiger partial charge is 0.279 e. The Morgan fingerprint density at radius 1 is 1.20 bits per heavy atom. The van der Waals surface area contributed by atoms with E-state index < -0.39 is 10.2 Å². The molecule has 2 N–H and O–H groups in total. The van der Waals surface area contributed by atoms with Gasteiger partial charge in [0.05, 0.1) is 12.7 Å². The molecule has 0 bridgehead atoms. The molecule has 0 aromatic heterocycles. The Kier molecular flexibility index (Phi) is 6.22. The van der Waals surface area contributed by atoms with E-state index in [1.807, 2.05) is 0 Å². The lowest BCUT2D eigenvalue weighted by Crippen LogP contribution is -2.45. The first-order valence-corrected chi connectivity index (χ1v) is 9.09. The minimum Gasteiger partial charge on any atom is -0.377 e. The van der Waals surface area contributed by atoms with E-state index in [0.29, 0.717) is 32.2 Å². The Bertz CT molecular complexity index is 374. The summed E-state index contributed by atoms with van der Waals surface area (Å²) in [4.78, 5) is 0. The molecule has 7 heteroatoms. The van der Waals surface area contributed by atoms with Crippen molar-refractivity contribution in [3.05, 3.63) is 0 Å². The summed E-state index contributed by atoms with van der Waals surface area (Å²) in [5.41, 5.74) is 0. The summed E-state index contributed by atoms with van der Waals surface area (Å²) >= 11 is 0. The molecule has 2 rings (SSSR count). The van der Waals surface area contributed by atoms with Gasteiger partial charge in [0.2, 0.25) is 0 Å². The van der Waals surface area contributed by atoms with E-state index in [2.05, 4.69) is 17.0 Å². The number of nitrogens with zero attached hydrogens (tertiary/aromatic N) is 1. The molecule has 0 aromatic rings. The predicted molar refractivity (Wildman–Crippen MR) is 78.7 cm³/mol. The van der Waals surface area contributed by atoms with E-state index in [1.54, 1.807) is 4.31 Å². The van der Waals surface area contributed by atoms with Gasteiger partial charge in [0.15, 0.2) is 0 Å². The number of rotatable bonds is 6. The zero-order valence-corrected chi connectivity index (χ0v) is 13.1. The summed E-state index contributed by atoms with van der Waals surface area (Å²) in [5, 5.41) is 3.28. The number of piperidine rings is 2. The number of hydrogen-bond donors (Lipinski definition) is 2. The fourth-order valence-electron chi connectivity index (χ4n) is 2.67. The summed E-state index contributed by atoms with van der Waals surface area (Å²) in [5.74, 6) is 0.629. The van der Waals surface area contributed by atoms with Crippen molar-refractivity contribution in [3.8, 4) is 0 Å². The van der Waals surface area contributed by atoms with Crippen LogP contribution in [-0.2, 0) is 14.9 Å². The SMILES string of the molecule is CC1CCN(S(=O)(=O)NCCOC2CCNCC2)CC1. The maximum absolute atomic E-state index is 12.1. The Morgan fingerprint density at radius 2 is 1.85 bits per heavy atom. The fourth-order valence-corrected chi connectivity index (χ4v) is 3.89. The van der Waals surface area contributed by atoms with Crippen LogP contribution in [-0.4, -0.2) is 58.2 Å². The molecule has 0 amide bonds. The largest absolute Gasteiger partial charge is 0.377 e. The first-order valence-electron chi connectivity index (χ1n) is 7.65. The second-order valence-electron chi connectivity index (χ2n) is 5.80. The van der Waals surface area contributed by atoms with Crippen molar-refractivity contribution in [2.24, 2.45) is 5.92 Å². The van der Waals surface area contributed by atoms with Crippen molar-refractivity contribution < 1.29 is 13.2 Å². The van der Waals surface area contributed by atoms with Crippen molar-refractivity contribution in [2.75, 3.05) is 39.3 Å². The van der Waals surface area contributed by atoms with E-state index >= 15 is 0 Å². The highest BCUT2D eigenvalue weighted by Crippen LogP contribution is 2.17. The summed E-state index contributed by atoms with van der Waals surface area (Å²) < 4.78 is 34.1. The minimum atomic E-state index is -3.32. The Labute approximate surface area is 122 Å².